The lowest BCUT2D eigenvalue weighted by Crippen LogP contribution is -2.51. The zero-order valence-corrected chi connectivity index (χ0v) is 17.9. The van der Waals surface area contributed by atoms with E-state index in [9.17, 15) is 22.8 Å². The van der Waals surface area contributed by atoms with Crippen molar-refractivity contribution in [2.75, 3.05) is 24.7 Å². The summed E-state index contributed by atoms with van der Waals surface area (Å²) in [6, 6.07) is 12.0. The first-order chi connectivity index (χ1) is 15.7. The maximum Gasteiger partial charge on any atom is 0.417 e. The monoisotopic (exact) mass is 457 g/mol. The molecule has 1 aliphatic rings. The van der Waals surface area contributed by atoms with Gasteiger partial charge in [0.1, 0.15) is 0 Å². The van der Waals surface area contributed by atoms with Gasteiger partial charge in [0, 0.05) is 6.54 Å². The van der Waals surface area contributed by atoms with Gasteiger partial charge in [-0.05, 0) is 30.2 Å². The van der Waals surface area contributed by atoms with E-state index in [-0.39, 0.29) is 25.4 Å². The minimum atomic E-state index is -4.83. The lowest BCUT2D eigenvalue weighted by atomic mass is 9.88. The van der Waals surface area contributed by atoms with Crippen LogP contribution in [0.15, 0.2) is 61.2 Å². The summed E-state index contributed by atoms with van der Waals surface area (Å²) >= 11 is 0. The molecule has 1 fully saturated rings. The van der Waals surface area contributed by atoms with Gasteiger partial charge in [-0.25, -0.2) is 9.69 Å². The molecule has 1 atom stereocenters. The van der Waals surface area contributed by atoms with Crippen LogP contribution in [0, 0.1) is 11.3 Å². The highest BCUT2D eigenvalue weighted by atomic mass is 19.4. The predicted molar refractivity (Wildman–Crippen MR) is 115 cm³/mol. The summed E-state index contributed by atoms with van der Waals surface area (Å²) in [5.41, 5.74) is -3.17. The van der Waals surface area contributed by atoms with E-state index in [4.69, 9.17) is 10.00 Å². The average molecular weight is 457 g/mol. The lowest BCUT2D eigenvalue weighted by Gasteiger charge is -2.35. The smallest absolute Gasteiger partial charge is 0.374 e. The summed E-state index contributed by atoms with van der Waals surface area (Å²) in [7, 11) is 0. The normalized spacial score (nSPS) is 18.5. The molecule has 2 aromatic rings. The second-order valence-corrected chi connectivity index (χ2v) is 7.44. The Morgan fingerprint density at radius 3 is 2.45 bits per heavy atom. The molecular formula is C24H22F3N3O3. The number of carbonyl (C=O) groups is 2. The first kappa shape index (κ1) is 24.0. The molecule has 172 valence electrons. The first-order valence-corrected chi connectivity index (χ1v) is 10.2. The van der Waals surface area contributed by atoms with Crippen LogP contribution >= 0.6 is 0 Å². The second kappa shape index (κ2) is 9.46. The fraction of sp³-hybridized carbons (Fsp3) is 0.292. The van der Waals surface area contributed by atoms with Crippen LogP contribution in [0.25, 0.3) is 0 Å². The van der Waals surface area contributed by atoms with Gasteiger partial charge in [0.25, 0.3) is 5.91 Å². The van der Waals surface area contributed by atoms with Crippen LogP contribution in [0.5, 0.6) is 0 Å². The number of alkyl halides is 3. The summed E-state index contributed by atoms with van der Waals surface area (Å²) in [6.07, 6.45) is -2.83. The number of amides is 3. The van der Waals surface area contributed by atoms with E-state index in [0.29, 0.717) is 18.1 Å². The van der Waals surface area contributed by atoms with Crippen molar-refractivity contribution < 1.29 is 27.5 Å². The molecule has 3 amide bonds. The number of nitriles is 1. The Hall–Kier alpha value is -3.64. The molecule has 0 bridgehead atoms. The van der Waals surface area contributed by atoms with Gasteiger partial charge < -0.3 is 9.64 Å². The maximum atomic E-state index is 13.8. The Balaban J connectivity index is 2.20. The van der Waals surface area contributed by atoms with E-state index in [1.807, 2.05) is 6.92 Å². The van der Waals surface area contributed by atoms with Gasteiger partial charge in [-0.1, -0.05) is 43.3 Å². The molecule has 0 aliphatic carbocycles. The van der Waals surface area contributed by atoms with Crippen molar-refractivity contribution in [2.24, 2.45) is 0 Å². The van der Waals surface area contributed by atoms with E-state index in [1.54, 1.807) is 30.3 Å². The highest BCUT2D eigenvalue weighted by Gasteiger charge is 2.59. The number of anilines is 1. The maximum absolute atomic E-state index is 13.8. The van der Waals surface area contributed by atoms with Gasteiger partial charge >= 0.3 is 12.2 Å². The molecule has 0 radical (unpaired) electrons. The van der Waals surface area contributed by atoms with Gasteiger partial charge in [0.05, 0.1) is 36.1 Å². The summed E-state index contributed by atoms with van der Waals surface area (Å²) in [6.45, 7) is 5.50. The lowest BCUT2D eigenvalue weighted by molar-refractivity contribution is -0.137. The molecule has 1 heterocycles. The molecule has 3 rings (SSSR count). The van der Waals surface area contributed by atoms with Crippen LogP contribution in [-0.2, 0) is 21.2 Å². The third kappa shape index (κ3) is 4.22. The highest BCUT2D eigenvalue weighted by Crippen LogP contribution is 2.42. The molecule has 1 aliphatic heterocycles. The predicted octanol–water partition coefficient (Wildman–Crippen LogP) is 4.85. The van der Waals surface area contributed by atoms with Crippen molar-refractivity contribution in [3.8, 4) is 6.07 Å². The number of urea groups is 1. The van der Waals surface area contributed by atoms with E-state index >= 15 is 0 Å². The van der Waals surface area contributed by atoms with E-state index in [1.165, 1.54) is 23.1 Å². The van der Waals surface area contributed by atoms with Crippen LogP contribution in [0.3, 0.4) is 0 Å². The van der Waals surface area contributed by atoms with Crippen molar-refractivity contribution in [1.82, 2.24) is 4.90 Å². The quantitative estimate of drug-likeness (QED) is 0.323. The van der Waals surface area contributed by atoms with Crippen LogP contribution in [0.2, 0.25) is 0 Å². The SMILES string of the molecule is C=CCOCC1(c2ccccc2)C(=O)N(c2ccc(C#N)c(C(F)(F)F)c2)C(=O)N1CCC. The van der Waals surface area contributed by atoms with Crippen molar-refractivity contribution in [2.45, 2.75) is 25.1 Å². The third-order valence-corrected chi connectivity index (χ3v) is 5.37. The summed E-state index contributed by atoms with van der Waals surface area (Å²) < 4.78 is 46.2. The summed E-state index contributed by atoms with van der Waals surface area (Å²) in [4.78, 5) is 29.4. The van der Waals surface area contributed by atoms with Gasteiger partial charge in [0.15, 0.2) is 5.54 Å². The number of rotatable bonds is 8. The number of benzene rings is 2. The number of halogens is 3. The molecule has 1 saturated heterocycles. The molecule has 9 heteroatoms. The molecule has 0 aromatic heterocycles. The molecule has 0 N–H and O–H groups in total. The number of hydrogen-bond acceptors (Lipinski definition) is 4. The largest absolute Gasteiger partial charge is 0.417 e. The number of nitrogens with zero attached hydrogens (tertiary/aromatic N) is 3. The van der Waals surface area contributed by atoms with Crippen molar-refractivity contribution in [3.63, 3.8) is 0 Å². The Labute approximate surface area is 189 Å². The minimum Gasteiger partial charge on any atom is -0.374 e. The molecule has 1 unspecified atom stereocenters. The third-order valence-electron chi connectivity index (χ3n) is 5.37. The Morgan fingerprint density at radius 2 is 1.88 bits per heavy atom. The molecule has 33 heavy (non-hydrogen) atoms. The second-order valence-electron chi connectivity index (χ2n) is 7.44. The molecular weight excluding hydrogens is 435 g/mol. The van der Waals surface area contributed by atoms with Crippen molar-refractivity contribution in [3.05, 3.63) is 77.9 Å². The average Bonchev–Trinajstić information content (AvgIpc) is 3.01. The topological polar surface area (TPSA) is 73.6 Å². The Kier molecular flexibility index (Phi) is 6.89. The van der Waals surface area contributed by atoms with Crippen LogP contribution < -0.4 is 4.90 Å². The minimum absolute atomic E-state index is 0.116. The first-order valence-electron chi connectivity index (χ1n) is 10.2. The van der Waals surface area contributed by atoms with Crippen LogP contribution in [0.4, 0.5) is 23.7 Å². The molecule has 2 aromatic carbocycles. The Morgan fingerprint density at radius 1 is 1.18 bits per heavy atom. The van der Waals surface area contributed by atoms with E-state index < -0.39 is 34.8 Å². The number of imide groups is 1. The number of hydrogen-bond donors (Lipinski definition) is 0. The fourth-order valence-electron chi connectivity index (χ4n) is 3.92. The van der Waals surface area contributed by atoms with Gasteiger partial charge in [-0.15, -0.1) is 6.58 Å². The van der Waals surface area contributed by atoms with Crippen LogP contribution in [0.1, 0.15) is 30.0 Å². The zero-order chi connectivity index (χ0) is 24.2. The standard InChI is InChI=1S/C24H22F3N3O3/c1-3-12-29-22(32)30(19-11-10-17(15-28)20(14-19)24(25,26)27)21(31)23(29,16-33-13-4-2)18-8-6-5-7-9-18/h4-11,14H,2-3,12-13,16H2,1H3. The summed E-state index contributed by atoms with van der Waals surface area (Å²) in [5, 5.41) is 9.08. The summed E-state index contributed by atoms with van der Waals surface area (Å²) in [5.74, 6) is -0.728. The van der Waals surface area contributed by atoms with Crippen molar-refractivity contribution >= 4 is 17.6 Å². The molecule has 0 saturated carbocycles. The number of carbonyl (C=O) groups excluding carboxylic acids is 2. The van der Waals surface area contributed by atoms with Gasteiger partial charge in [-0.2, -0.15) is 18.4 Å². The Bertz CT molecular complexity index is 1100. The van der Waals surface area contributed by atoms with Crippen molar-refractivity contribution in [1.29, 1.82) is 5.26 Å². The van der Waals surface area contributed by atoms with Gasteiger partial charge in [-0.3, -0.25) is 4.79 Å². The molecule has 0 spiro atoms. The van der Waals surface area contributed by atoms with Gasteiger partial charge in [0.2, 0.25) is 0 Å². The fourth-order valence-corrected chi connectivity index (χ4v) is 3.92. The molecule has 6 nitrogen and oxygen atoms in total. The van der Waals surface area contributed by atoms with E-state index in [2.05, 4.69) is 6.58 Å². The highest BCUT2D eigenvalue weighted by molar-refractivity contribution is 6.23. The van der Waals surface area contributed by atoms with E-state index in [0.717, 1.165) is 11.0 Å². The zero-order valence-electron chi connectivity index (χ0n) is 17.9. The number of ether oxygens (including phenoxy) is 1. The van der Waals surface area contributed by atoms with Crippen LogP contribution in [-0.4, -0.2) is 36.6 Å².